The van der Waals surface area contributed by atoms with Crippen molar-refractivity contribution in [1.82, 2.24) is 5.32 Å². The number of nitrogens with two attached hydrogens (primary N) is 1. The summed E-state index contributed by atoms with van der Waals surface area (Å²) in [7, 11) is 0. The van der Waals surface area contributed by atoms with Crippen molar-refractivity contribution in [2.24, 2.45) is 23.5 Å². The minimum Gasteiger partial charge on any atom is -0.376 e. The Balaban J connectivity index is 1.35. The van der Waals surface area contributed by atoms with Gasteiger partial charge in [-0.25, -0.2) is 0 Å². The Morgan fingerprint density at radius 1 is 1.00 bits per heavy atom. The Labute approximate surface area is 134 Å². The molecule has 0 aromatic rings. The highest BCUT2D eigenvalue weighted by Crippen LogP contribution is 2.41. The van der Waals surface area contributed by atoms with E-state index in [1.54, 1.807) is 0 Å². The summed E-state index contributed by atoms with van der Waals surface area (Å²) in [4.78, 5) is 12.4. The van der Waals surface area contributed by atoms with Crippen LogP contribution in [0.3, 0.4) is 0 Å². The zero-order chi connectivity index (χ0) is 15.4. The maximum Gasteiger partial charge on any atom is 0.223 e. The van der Waals surface area contributed by atoms with Gasteiger partial charge in [0.25, 0.3) is 0 Å². The van der Waals surface area contributed by atoms with Crippen molar-refractivity contribution in [3.8, 4) is 0 Å². The lowest BCUT2D eigenvalue weighted by atomic mass is 9.65. The van der Waals surface area contributed by atoms with Crippen molar-refractivity contribution in [1.29, 1.82) is 0 Å². The maximum atomic E-state index is 12.4. The molecule has 3 aliphatic carbocycles. The van der Waals surface area contributed by atoms with Crippen LogP contribution in [0.4, 0.5) is 0 Å². The second-order valence-electron chi connectivity index (χ2n) is 7.62. The summed E-state index contributed by atoms with van der Waals surface area (Å²) in [6, 6.07) is 0.340. The third-order valence-corrected chi connectivity index (χ3v) is 6.09. The fraction of sp³-hybridized carbons (Fsp3) is 0.944. The zero-order valence-electron chi connectivity index (χ0n) is 13.8. The smallest absolute Gasteiger partial charge is 0.223 e. The van der Waals surface area contributed by atoms with Crippen molar-refractivity contribution in [2.75, 3.05) is 13.2 Å². The van der Waals surface area contributed by atoms with Crippen LogP contribution >= 0.6 is 0 Å². The molecule has 3 saturated carbocycles. The van der Waals surface area contributed by atoms with Gasteiger partial charge in [-0.05, 0) is 50.4 Å². The van der Waals surface area contributed by atoms with Crippen LogP contribution in [-0.4, -0.2) is 31.2 Å². The number of hydrogen-bond donors (Lipinski definition) is 2. The van der Waals surface area contributed by atoms with Gasteiger partial charge in [0, 0.05) is 18.5 Å². The molecule has 0 aliphatic heterocycles. The summed E-state index contributed by atoms with van der Waals surface area (Å²) < 4.78 is 5.88. The number of fused-ring (bicyclic) bond motifs is 2. The van der Waals surface area contributed by atoms with Gasteiger partial charge in [-0.1, -0.05) is 25.7 Å². The second-order valence-corrected chi connectivity index (χ2v) is 7.62. The molecule has 3 fully saturated rings. The van der Waals surface area contributed by atoms with E-state index in [4.69, 9.17) is 10.5 Å². The van der Waals surface area contributed by atoms with Crippen LogP contribution in [-0.2, 0) is 9.53 Å². The van der Waals surface area contributed by atoms with E-state index in [1.807, 2.05) is 0 Å². The number of amides is 1. The highest BCUT2D eigenvalue weighted by molar-refractivity contribution is 5.78. The number of nitrogens with one attached hydrogen (secondary N) is 1. The van der Waals surface area contributed by atoms with Crippen molar-refractivity contribution >= 4 is 5.91 Å². The number of ether oxygens (including phenoxy) is 1. The van der Waals surface area contributed by atoms with E-state index in [1.165, 1.54) is 51.4 Å². The Bertz CT molecular complexity index is 354. The van der Waals surface area contributed by atoms with Crippen LogP contribution in [0.25, 0.3) is 0 Å². The monoisotopic (exact) mass is 308 g/mol. The highest BCUT2D eigenvalue weighted by atomic mass is 16.5. The second kappa shape index (κ2) is 7.78. The number of carbonyl (C=O) groups is 1. The fourth-order valence-corrected chi connectivity index (χ4v) is 4.78. The van der Waals surface area contributed by atoms with Gasteiger partial charge in [0.2, 0.25) is 5.91 Å². The van der Waals surface area contributed by atoms with E-state index < -0.39 is 0 Å². The summed E-state index contributed by atoms with van der Waals surface area (Å²) in [5.41, 5.74) is 6.30. The van der Waals surface area contributed by atoms with Crippen molar-refractivity contribution in [3.63, 3.8) is 0 Å². The summed E-state index contributed by atoms with van der Waals surface area (Å²) in [5.74, 6) is 1.56. The summed E-state index contributed by atoms with van der Waals surface area (Å²) in [6.07, 6.45) is 12.5. The Morgan fingerprint density at radius 2 is 1.68 bits per heavy atom. The number of rotatable bonds is 5. The molecule has 0 saturated heterocycles. The van der Waals surface area contributed by atoms with Crippen LogP contribution in [0.15, 0.2) is 0 Å². The van der Waals surface area contributed by atoms with Crippen molar-refractivity contribution < 1.29 is 9.53 Å². The molecule has 126 valence electrons. The molecule has 0 aromatic heterocycles. The van der Waals surface area contributed by atoms with Gasteiger partial charge in [0.15, 0.2) is 0 Å². The Morgan fingerprint density at radius 3 is 2.36 bits per heavy atom. The topological polar surface area (TPSA) is 64.4 Å². The van der Waals surface area contributed by atoms with E-state index >= 15 is 0 Å². The first-order chi connectivity index (χ1) is 10.7. The van der Waals surface area contributed by atoms with Crippen LogP contribution in [0.1, 0.15) is 64.2 Å². The average Bonchev–Trinajstić information content (AvgIpc) is 2.52. The minimum absolute atomic E-state index is 0.185. The third-order valence-electron chi connectivity index (χ3n) is 6.09. The number of carbonyl (C=O) groups excluding carboxylic acids is 1. The Hall–Kier alpha value is -0.610. The first-order valence-corrected chi connectivity index (χ1v) is 9.39. The normalized spacial score (nSPS) is 36.0. The molecule has 2 atom stereocenters. The molecular weight excluding hydrogens is 276 g/mol. The van der Waals surface area contributed by atoms with Gasteiger partial charge in [-0.15, -0.1) is 0 Å². The van der Waals surface area contributed by atoms with E-state index in [0.717, 1.165) is 12.8 Å². The van der Waals surface area contributed by atoms with Gasteiger partial charge in [-0.3, -0.25) is 4.79 Å². The van der Waals surface area contributed by atoms with Crippen LogP contribution in [0, 0.1) is 17.8 Å². The Kier molecular flexibility index (Phi) is 5.75. The first-order valence-electron chi connectivity index (χ1n) is 9.39. The number of hydrogen-bond acceptors (Lipinski definition) is 3. The summed E-state index contributed by atoms with van der Waals surface area (Å²) in [6.45, 7) is 1.32. The van der Waals surface area contributed by atoms with Gasteiger partial charge >= 0.3 is 0 Å². The van der Waals surface area contributed by atoms with Crippen molar-refractivity contribution in [2.45, 2.75) is 76.4 Å². The molecule has 1 amide bonds. The summed E-state index contributed by atoms with van der Waals surface area (Å²) in [5, 5.41) is 3.09. The largest absolute Gasteiger partial charge is 0.376 e. The van der Waals surface area contributed by atoms with Gasteiger partial charge in [0.05, 0.1) is 12.7 Å². The quantitative estimate of drug-likeness (QED) is 0.767. The highest BCUT2D eigenvalue weighted by Gasteiger charge is 2.40. The molecule has 3 N–H and O–H groups in total. The molecular formula is C18H32N2O2. The standard InChI is InChI=1S/C18H32N2O2/c19-17-13-5-4-6-14(17)12-15(11-13)18(21)20-9-10-22-16-7-2-1-3-8-16/h13-17H,1-12,19H2,(H,20,21). The summed E-state index contributed by atoms with van der Waals surface area (Å²) >= 11 is 0. The van der Waals surface area contributed by atoms with E-state index in [9.17, 15) is 4.79 Å². The van der Waals surface area contributed by atoms with Gasteiger partial charge in [0.1, 0.15) is 0 Å². The average molecular weight is 308 g/mol. The molecule has 22 heavy (non-hydrogen) atoms. The molecule has 0 radical (unpaired) electrons. The lowest BCUT2D eigenvalue weighted by molar-refractivity contribution is -0.128. The van der Waals surface area contributed by atoms with E-state index in [2.05, 4.69) is 5.32 Å². The minimum atomic E-state index is 0.185. The van der Waals surface area contributed by atoms with Gasteiger partial charge < -0.3 is 15.8 Å². The van der Waals surface area contributed by atoms with E-state index in [0.29, 0.717) is 37.1 Å². The van der Waals surface area contributed by atoms with Crippen molar-refractivity contribution in [3.05, 3.63) is 0 Å². The van der Waals surface area contributed by atoms with Crippen LogP contribution < -0.4 is 11.1 Å². The fourth-order valence-electron chi connectivity index (χ4n) is 4.78. The predicted octanol–water partition coefficient (Wildman–Crippen LogP) is 2.61. The van der Waals surface area contributed by atoms with Gasteiger partial charge in [-0.2, -0.15) is 0 Å². The molecule has 3 aliphatic rings. The van der Waals surface area contributed by atoms with Crippen LogP contribution in [0.2, 0.25) is 0 Å². The molecule has 0 spiro atoms. The predicted molar refractivity (Wildman–Crippen MR) is 87.4 cm³/mol. The first kappa shape index (κ1) is 16.3. The maximum absolute atomic E-state index is 12.4. The van der Waals surface area contributed by atoms with Crippen LogP contribution in [0.5, 0.6) is 0 Å². The molecule has 0 heterocycles. The molecule has 2 unspecified atom stereocenters. The zero-order valence-corrected chi connectivity index (χ0v) is 13.8. The lowest BCUT2D eigenvalue weighted by Crippen LogP contribution is -2.49. The molecule has 4 heteroatoms. The molecule has 2 bridgehead atoms. The lowest BCUT2D eigenvalue weighted by Gasteiger charge is -2.43. The molecule has 0 aromatic carbocycles. The molecule has 4 nitrogen and oxygen atoms in total. The molecule has 3 rings (SSSR count). The van der Waals surface area contributed by atoms with E-state index in [-0.39, 0.29) is 11.8 Å². The SMILES string of the molecule is NC1C2CCCC1CC(C(=O)NCCOC1CCCCC1)C2. The third kappa shape index (κ3) is 4.02.